The fourth-order valence-corrected chi connectivity index (χ4v) is 3.18. The summed E-state index contributed by atoms with van der Waals surface area (Å²) in [6.07, 6.45) is 0.521. The molecular weight excluding hydrogens is 324 g/mol. The Labute approximate surface area is 145 Å². The number of carboxylic acid groups (broad SMARTS) is 1. The van der Waals surface area contributed by atoms with Crippen molar-refractivity contribution in [2.75, 3.05) is 0 Å². The van der Waals surface area contributed by atoms with Gasteiger partial charge in [0.1, 0.15) is 11.9 Å². The number of rotatable bonds is 5. The molecule has 3 rings (SSSR count). The summed E-state index contributed by atoms with van der Waals surface area (Å²) in [4.78, 5) is 16.6. The molecule has 0 radical (unpaired) electrons. The molecule has 5 heteroatoms. The molecule has 1 atom stereocenters. The molecule has 0 aliphatic carbocycles. The molecule has 3 aromatic rings. The molecule has 2 aromatic carbocycles. The van der Waals surface area contributed by atoms with E-state index in [1.54, 1.807) is 10.6 Å². The molecule has 4 nitrogen and oxygen atoms in total. The first-order valence-corrected chi connectivity index (χ1v) is 8.31. The molecule has 24 heavy (non-hydrogen) atoms. The van der Waals surface area contributed by atoms with Gasteiger partial charge in [0.25, 0.3) is 0 Å². The SMILES string of the molecule is CC(C)CC(C(=O)O)n1c(-c2ccccc2Cl)nc2ccccc21. The van der Waals surface area contributed by atoms with E-state index in [2.05, 4.69) is 4.98 Å². The third-order valence-electron chi connectivity index (χ3n) is 4.00. The van der Waals surface area contributed by atoms with E-state index in [1.165, 1.54) is 0 Å². The first-order valence-electron chi connectivity index (χ1n) is 7.93. The van der Waals surface area contributed by atoms with E-state index in [4.69, 9.17) is 11.6 Å². The van der Waals surface area contributed by atoms with Crippen molar-refractivity contribution in [2.24, 2.45) is 5.92 Å². The number of benzene rings is 2. The first kappa shape index (κ1) is 16.5. The van der Waals surface area contributed by atoms with Gasteiger partial charge in [0.05, 0.1) is 16.1 Å². The van der Waals surface area contributed by atoms with Crippen LogP contribution in [0.15, 0.2) is 48.5 Å². The Bertz CT molecular complexity index is 886. The summed E-state index contributed by atoms with van der Waals surface area (Å²) in [5.74, 6) is -0.0265. The van der Waals surface area contributed by atoms with Crippen LogP contribution in [-0.2, 0) is 4.79 Å². The normalized spacial score (nSPS) is 12.7. The lowest BCUT2D eigenvalue weighted by Gasteiger charge is -2.20. The fraction of sp³-hybridized carbons (Fsp3) is 0.263. The van der Waals surface area contributed by atoms with Crippen LogP contribution >= 0.6 is 11.6 Å². The second-order valence-electron chi connectivity index (χ2n) is 6.26. The average Bonchev–Trinajstić information content (AvgIpc) is 2.91. The lowest BCUT2D eigenvalue weighted by atomic mass is 10.0. The Morgan fingerprint density at radius 1 is 1.17 bits per heavy atom. The minimum Gasteiger partial charge on any atom is -0.480 e. The molecule has 0 amide bonds. The molecule has 1 unspecified atom stereocenters. The van der Waals surface area contributed by atoms with Crippen molar-refractivity contribution in [3.8, 4) is 11.4 Å². The Morgan fingerprint density at radius 2 is 1.83 bits per heavy atom. The Hall–Kier alpha value is -2.33. The molecule has 1 aromatic heterocycles. The number of imidazole rings is 1. The molecule has 124 valence electrons. The predicted octanol–water partition coefficient (Wildman–Crippen LogP) is 5.03. The number of nitrogens with zero attached hydrogens (tertiary/aromatic N) is 2. The summed E-state index contributed by atoms with van der Waals surface area (Å²) in [7, 11) is 0. The number of carboxylic acids is 1. The summed E-state index contributed by atoms with van der Waals surface area (Å²) >= 11 is 6.35. The van der Waals surface area contributed by atoms with Crippen LogP contribution in [0.2, 0.25) is 5.02 Å². The Morgan fingerprint density at radius 3 is 2.50 bits per heavy atom. The summed E-state index contributed by atoms with van der Waals surface area (Å²) < 4.78 is 1.80. The molecule has 1 N–H and O–H groups in total. The van der Waals surface area contributed by atoms with Gasteiger partial charge in [0.2, 0.25) is 0 Å². The van der Waals surface area contributed by atoms with Crippen LogP contribution < -0.4 is 0 Å². The lowest BCUT2D eigenvalue weighted by molar-refractivity contribution is -0.141. The van der Waals surface area contributed by atoms with E-state index in [0.717, 1.165) is 16.6 Å². The van der Waals surface area contributed by atoms with Gasteiger partial charge in [-0.2, -0.15) is 0 Å². The van der Waals surface area contributed by atoms with Crippen LogP contribution in [0.4, 0.5) is 0 Å². The Balaban J connectivity index is 2.30. The second-order valence-corrected chi connectivity index (χ2v) is 6.66. The van der Waals surface area contributed by atoms with Gasteiger partial charge in [0, 0.05) is 5.56 Å². The van der Waals surface area contributed by atoms with Gasteiger partial charge >= 0.3 is 5.97 Å². The van der Waals surface area contributed by atoms with Crippen molar-refractivity contribution in [2.45, 2.75) is 26.3 Å². The molecule has 0 aliphatic rings. The fourth-order valence-electron chi connectivity index (χ4n) is 2.96. The van der Waals surface area contributed by atoms with Crippen molar-refractivity contribution in [3.05, 3.63) is 53.6 Å². The van der Waals surface area contributed by atoms with Crippen molar-refractivity contribution >= 4 is 28.6 Å². The highest BCUT2D eigenvalue weighted by Crippen LogP contribution is 2.34. The van der Waals surface area contributed by atoms with Gasteiger partial charge < -0.3 is 9.67 Å². The number of carbonyl (C=O) groups is 1. The highest BCUT2D eigenvalue weighted by Gasteiger charge is 2.27. The summed E-state index contributed by atoms with van der Waals surface area (Å²) in [6, 6.07) is 14.3. The molecule has 0 aliphatic heterocycles. The average molecular weight is 343 g/mol. The molecule has 0 saturated carbocycles. The topological polar surface area (TPSA) is 55.1 Å². The highest BCUT2D eigenvalue weighted by molar-refractivity contribution is 6.33. The third kappa shape index (κ3) is 3.02. The predicted molar refractivity (Wildman–Crippen MR) is 96.3 cm³/mol. The molecule has 0 saturated heterocycles. The monoisotopic (exact) mass is 342 g/mol. The molecule has 0 bridgehead atoms. The number of hydrogen-bond donors (Lipinski definition) is 1. The zero-order valence-corrected chi connectivity index (χ0v) is 14.4. The minimum atomic E-state index is -0.861. The molecular formula is C19H19ClN2O2. The standard InChI is InChI=1S/C19H19ClN2O2/c1-12(2)11-17(19(23)24)22-16-10-6-5-9-15(16)21-18(22)13-7-3-4-8-14(13)20/h3-10,12,17H,11H2,1-2H3,(H,23,24). The number of fused-ring (bicyclic) bond motifs is 1. The summed E-state index contributed by atoms with van der Waals surface area (Å²) in [5, 5.41) is 10.4. The zero-order valence-electron chi connectivity index (χ0n) is 13.6. The minimum absolute atomic E-state index is 0.242. The number of para-hydroxylation sites is 2. The van der Waals surface area contributed by atoms with E-state index in [-0.39, 0.29) is 5.92 Å². The number of aromatic nitrogens is 2. The van der Waals surface area contributed by atoms with Gasteiger partial charge in [-0.25, -0.2) is 9.78 Å². The van der Waals surface area contributed by atoms with Gasteiger partial charge in [-0.1, -0.05) is 49.7 Å². The first-order chi connectivity index (χ1) is 11.5. The summed E-state index contributed by atoms with van der Waals surface area (Å²) in [6.45, 7) is 4.04. The lowest BCUT2D eigenvalue weighted by Crippen LogP contribution is -2.21. The molecule has 1 heterocycles. The van der Waals surface area contributed by atoms with Gasteiger partial charge in [-0.3, -0.25) is 0 Å². The van der Waals surface area contributed by atoms with Crippen molar-refractivity contribution in [1.82, 2.24) is 9.55 Å². The largest absolute Gasteiger partial charge is 0.480 e. The highest BCUT2D eigenvalue weighted by atomic mass is 35.5. The smallest absolute Gasteiger partial charge is 0.326 e. The number of aliphatic carboxylic acids is 1. The van der Waals surface area contributed by atoms with Crippen LogP contribution in [-0.4, -0.2) is 20.6 Å². The van der Waals surface area contributed by atoms with Crippen molar-refractivity contribution in [3.63, 3.8) is 0 Å². The van der Waals surface area contributed by atoms with Gasteiger partial charge in [0.15, 0.2) is 0 Å². The van der Waals surface area contributed by atoms with Crippen LogP contribution in [0.1, 0.15) is 26.3 Å². The van der Waals surface area contributed by atoms with Crippen LogP contribution in [0.3, 0.4) is 0 Å². The van der Waals surface area contributed by atoms with Crippen LogP contribution in [0, 0.1) is 5.92 Å². The van der Waals surface area contributed by atoms with Crippen molar-refractivity contribution < 1.29 is 9.90 Å². The van der Waals surface area contributed by atoms with Crippen molar-refractivity contribution in [1.29, 1.82) is 0 Å². The number of halogens is 1. The van der Waals surface area contributed by atoms with Gasteiger partial charge in [-0.05, 0) is 36.6 Å². The van der Waals surface area contributed by atoms with E-state index >= 15 is 0 Å². The second kappa shape index (κ2) is 6.65. The van der Waals surface area contributed by atoms with Crippen LogP contribution in [0.25, 0.3) is 22.4 Å². The van der Waals surface area contributed by atoms with Gasteiger partial charge in [-0.15, -0.1) is 0 Å². The third-order valence-corrected chi connectivity index (χ3v) is 4.33. The maximum Gasteiger partial charge on any atom is 0.326 e. The number of hydrogen-bond acceptors (Lipinski definition) is 2. The zero-order chi connectivity index (χ0) is 17.3. The summed E-state index contributed by atoms with van der Waals surface area (Å²) in [5.41, 5.74) is 2.31. The molecule has 0 fully saturated rings. The maximum atomic E-state index is 12.0. The quantitative estimate of drug-likeness (QED) is 0.707. The van der Waals surface area contributed by atoms with E-state index in [0.29, 0.717) is 17.3 Å². The van der Waals surface area contributed by atoms with Crippen LogP contribution in [0.5, 0.6) is 0 Å². The van der Waals surface area contributed by atoms with E-state index < -0.39 is 12.0 Å². The Kier molecular flexibility index (Phi) is 4.58. The van der Waals surface area contributed by atoms with E-state index in [9.17, 15) is 9.90 Å². The van der Waals surface area contributed by atoms with E-state index in [1.807, 2.05) is 56.3 Å². The molecule has 0 spiro atoms. The maximum absolute atomic E-state index is 12.0.